The summed E-state index contributed by atoms with van der Waals surface area (Å²) in [6.45, 7) is 7.00. The van der Waals surface area contributed by atoms with E-state index in [1.807, 2.05) is 0 Å². The molecule has 1 atom stereocenters. The summed E-state index contributed by atoms with van der Waals surface area (Å²) in [4.78, 5) is 22.6. The van der Waals surface area contributed by atoms with Gasteiger partial charge in [0.15, 0.2) is 0 Å². The number of hydrogen-bond acceptors (Lipinski definition) is 3. The fourth-order valence-electron chi connectivity index (χ4n) is 1.96. The summed E-state index contributed by atoms with van der Waals surface area (Å²) in [6.07, 6.45) is 1.78. The SMILES string of the molecule is C[C@H](C(=O)O)C1=C(NC(=O)OC(C)(C)C)CCC1. The van der Waals surface area contributed by atoms with Gasteiger partial charge in [0.05, 0.1) is 5.92 Å². The van der Waals surface area contributed by atoms with Crippen LogP contribution in [0.25, 0.3) is 0 Å². The zero-order valence-corrected chi connectivity index (χ0v) is 11.4. The highest BCUT2D eigenvalue weighted by molar-refractivity contribution is 5.75. The molecule has 0 aromatic heterocycles. The lowest BCUT2D eigenvalue weighted by Gasteiger charge is -2.20. The molecule has 2 N–H and O–H groups in total. The first kappa shape index (κ1) is 14.5. The second kappa shape index (κ2) is 5.42. The number of nitrogens with one attached hydrogen (secondary N) is 1. The van der Waals surface area contributed by atoms with Gasteiger partial charge in [0.1, 0.15) is 5.60 Å². The van der Waals surface area contributed by atoms with Crippen LogP contribution in [0.5, 0.6) is 0 Å². The molecule has 5 nitrogen and oxygen atoms in total. The summed E-state index contributed by atoms with van der Waals surface area (Å²) >= 11 is 0. The molecule has 0 aromatic carbocycles. The maximum Gasteiger partial charge on any atom is 0.411 e. The molecule has 5 heteroatoms. The Balaban J connectivity index is 2.72. The van der Waals surface area contributed by atoms with Crippen LogP contribution in [0.1, 0.15) is 47.0 Å². The number of amides is 1. The molecule has 0 unspecified atom stereocenters. The lowest BCUT2D eigenvalue weighted by molar-refractivity contribution is -0.139. The van der Waals surface area contributed by atoms with Crippen molar-refractivity contribution in [2.24, 2.45) is 5.92 Å². The normalized spacial score (nSPS) is 17.6. The number of carboxylic acids is 1. The molecule has 0 saturated heterocycles. The average molecular weight is 255 g/mol. The number of alkyl carbamates (subject to hydrolysis) is 1. The van der Waals surface area contributed by atoms with Crippen LogP contribution in [0.4, 0.5) is 4.79 Å². The van der Waals surface area contributed by atoms with E-state index in [9.17, 15) is 9.59 Å². The Hall–Kier alpha value is -1.52. The molecule has 1 rings (SSSR count). The van der Waals surface area contributed by atoms with Crippen LogP contribution in [-0.4, -0.2) is 22.8 Å². The molecule has 1 aliphatic rings. The van der Waals surface area contributed by atoms with Crippen molar-refractivity contribution in [1.82, 2.24) is 5.32 Å². The van der Waals surface area contributed by atoms with E-state index < -0.39 is 23.6 Å². The van der Waals surface area contributed by atoms with Crippen molar-refractivity contribution >= 4 is 12.1 Å². The van der Waals surface area contributed by atoms with Gasteiger partial charge < -0.3 is 9.84 Å². The van der Waals surface area contributed by atoms with Crippen molar-refractivity contribution in [3.05, 3.63) is 11.3 Å². The predicted octanol–water partition coefficient (Wildman–Crippen LogP) is 2.67. The summed E-state index contributed by atoms with van der Waals surface area (Å²) in [5.74, 6) is -1.42. The Labute approximate surface area is 107 Å². The number of carbonyl (C=O) groups excluding carboxylic acids is 1. The molecular weight excluding hydrogens is 234 g/mol. The van der Waals surface area contributed by atoms with Crippen molar-refractivity contribution in [2.45, 2.75) is 52.6 Å². The molecule has 0 heterocycles. The third-order valence-electron chi connectivity index (χ3n) is 2.81. The fraction of sp³-hybridized carbons (Fsp3) is 0.692. The molecule has 18 heavy (non-hydrogen) atoms. The van der Waals surface area contributed by atoms with Gasteiger partial charge in [-0.1, -0.05) is 0 Å². The van der Waals surface area contributed by atoms with E-state index in [-0.39, 0.29) is 0 Å². The smallest absolute Gasteiger partial charge is 0.411 e. The first-order valence-electron chi connectivity index (χ1n) is 6.15. The number of aliphatic carboxylic acids is 1. The van der Waals surface area contributed by atoms with Crippen molar-refractivity contribution in [3.63, 3.8) is 0 Å². The standard InChI is InChI=1S/C13H21NO4/c1-8(11(15)16)9-6-5-7-10(9)14-12(17)18-13(2,3)4/h8H,5-7H2,1-4H3,(H,14,17)(H,15,16)/t8-/m0/s1. The molecule has 0 aromatic rings. The molecule has 0 bridgehead atoms. The Morgan fingerprint density at radius 2 is 1.94 bits per heavy atom. The maximum atomic E-state index is 11.6. The maximum absolute atomic E-state index is 11.6. The zero-order chi connectivity index (χ0) is 13.9. The molecular formula is C13H21NO4. The minimum atomic E-state index is -0.865. The van der Waals surface area contributed by atoms with Gasteiger partial charge in [-0.2, -0.15) is 0 Å². The topological polar surface area (TPSA) is 75.6 Å². The van der Waals surface area contributed by atoms with Crippen LogP contribution in [-0.2, 0) is 9.53 Å². The first-order valence-corrected chi connectivity index (χ1v) is 6.15. The Morgan fingerprint density at radius 1 is 1.33 bits per heavy atom. The Kier molecular flexibility index (Phi) is 4.38. The van der Waals surface area contributed by atoms with Crippen LogP contribution in [0.15, 0.2) is 11.3 Å². The van der Waals surface area contributed by atoms with Gasteiger partial charge in [0.25, 0.3) is 0 Å². The summed E-state index contributed by atoms with van der Waals surface area (Å²) in [7, 11) is 0. The number of rotatable bonds is 3. The van der Waals surface area contributed by atoms with Gasteiger partial charge in [-0.05, 0) is 52.5 Å². The Bertz CT molecular complexity index is 379. The predicted molar refractivity (Wildman–Crippen MR) is 67.0 cm³/mol. The highest BCUT2D eigenvalue weighted by atomic mass is 16.6. The zero-order valence-electron chi connectivity index (χ0n) is 11.4. The third kappa shape index (κ3) is 4.05. The van der Waals surface area contributed by atoms with Crippen LogP contribution >= 0.6 is 0 Å². The molecule has 1 aliphatic carbocycles. The van der Waals surface area contributed by atoms with Gasteiger partial charge >= 0.3 is 12.1 Å². The molecule has 1 amide bonds. The third-order valence-corrected chi connectivity index (χ3v) is 2.81. The number of allylic oxidation sites excluding steroid dienone is 1. The van der Waals surface area contributed by atoms with E-state index in [0.717, 1.165) is 18.4 Å². The average Bonchev–Trinajstić information content (AvgIpc) is 2.61. The molecule has 0 saturated carbocycles. The summed E-state index contributed by atoms with van der Waals surface area (Å²) in [6, 6.07) is 0. The van der Waals surface area contributed by atoms with E-state index in [1.54, 1.807) is 27.7 Å². The van der Waals surface area contributed by atoms with Crippen LogP contribution < -0.4 is 5.32 Å². The minimum absolute atomic E-state index is 0.519. The van der Waals surface area contributed by atoms with Crippen molar-refractivity contribution in [2.75, 3.05) is 0 Å². The van der Waals surface area contributed by atoms with Crippen molar-refractivity contribution in [1.29, 1.82) is 0 Å². The first-order chi connectivity index (χ1) is 8.20. The highest BCUT2D eigenvalue weighted by Crippen LogP contribution is 2.30. The van der Waals surface area contributed by atoms with E-state index in [4.69, 9.17) is 9.84 Å². The van der Waals surface area contributed by atoms with Gasteiger partial charge in [-0.25, -0.2) is 4.79 Å². The van der Waals surface area contributed by atoms with Crippen LogP contribution in [0, 0.1) is 5.92 Å². The van der Waals surface area contributed by atoms with E-state index in [0.29, 0.717) is 12.1 Å². The molecule has 0 aliphatic heterocycles. The number of ether oxygens (including phenoxy) is 1. The lowest BCUT2D eigenvalue weighted by Crippen LogP contribution is -2.32. The fourth-order valence-corrected chi connectivity index (χ4v) is 1.96. The van der Waals surface area contributed by atoms with E-state index in [1.165, 1.54) is 0 Å². The quantitative estimate of drug-likeness (QED) is 0.813. The van der Waals surface area contributed by atoms with E-state index >= 15 is 0 Å². The van der Waals surface area contributed by atoms with Gasteiger partial charge in [0, 0.05) is 5.70 Å². The van der Waals surface area contributed by atoms with Gasteiger partial charge in [0.2, 0.25) is 0 Å². The lowest BCUT2D eigenvalue weighted by atomic mass is 10.00. The highest BCUT2D eigenvalue weighted by Gasteiger charge is 2.26. The summed E-state index contributed by atoms with van der Waals surface area (Å²) in [5, 5.41) is 11.7. The van der Waals surface area contributed by atoms with Gasteiger partial charge in [-0.15, -0.1) is 0 Å². The minimum Gasteiger partial charge on any atom is -0.481 e. The van der Waals surface area contributed by atoms with Crippen LogP contribution in [0.2, 0.25) is 0 Å². The second-order valence-corrected chi connectivity index (χ2v) is 5.54. The van der Waals surface area contributed by atoms with Crippen LogP contribution in [0.3, 0.4) is 0 Å². The number of carboxylic acid groups (broad SMARTS) is 1. The van der Waals surface area contributed by atoms with Gasteiger partial charge in [-0.3, -0.25) is 10.1 Å². The van der Waals surface area contributed by atoms with E-state index in [2.05, 4.69) is 5.32 Å². The molecule has 0 fully saturated rings. The number of carbonyl (C=O) groups is 2. The molecule has 102 valence electrons. The van der Waals surface area contributed by atoms with Crippen molar-refractivity contribution in [3.8, 4) is 0 Å². The summed E-state index contributed by atoms with van der Waals surface area (Å²) < 4.78 is 5.16. The Morgan fingerprint density at radius 3 is 2.44 bits per heavy atom. The largest absolute Gasteiger partial charge is 0.481 e. The summed E-state index contributed by atoms with van der Waals surface area (Å²) in [5.41, 5.74) is 0.953. The monoisotopic (exact) mass is 255 g/mol. The number of hydrogen-bond donors (Lipinski definition) is 2. The molecule has 0 spiro atoms. The molecule has 0 radical (unpaired) electrons. The second-order valence-electron chi connectivity index (χ2n) is 5.54. The van der Waals surface area contributed by atoms with Crippen molar-refractivity contribution < 1.29 is 19.4 Å².